The van der Waals surface area contributed by atoms with Crippen LogP contribution in [0, 0.1) is 5.92 Å². The third-order valence-electron chi connectivity index (χ3n) is 4.64. The van der Waals surface area contributed by atoms with Gasteiger partial charge < -0.3 is 10.2 Å². The lowest BCUT2D eigenvalue weighted by Crippen LogP contribution is -2.54. The van der Waals surface area contributed by atoms with E-state index in [1.165, 1.54) is 32.1 Å². The largest absolute Gasteiger partial charge is 0.369 e. The molecule has 0 bridgehead atoms. The summed E-state index contributed by atoms with van der Waals surface area (Å²) in [5.41, 5.74) is 1.16. The number of hydrogen-bond acceptors (Lipinski definition) is 2. The standard InChI is InChI=1S/C16H22Cl2N2/c17-13-8-14(18)10-15(9-13)20-7-6-19-16(11-20)12-4-2-1-3-5-12/h8-10,12,16,19H,1-7,11H2. The molecule has 110 valence electrons. The van der Waals surface area contributed by atoms with Gasteiger partial charge in [-0.3, -0.25) is 0 Å². The Morgan fingerprint density at radius 1 is 1.00 bits per heavy atom. The SMILES string of the molecule is Clc1cc(Cl)cc(N2CCNC(C3CCCCC3)C2)c1. The van der Waals surface area contributed by atoms with Gasteiger partial charge in [-0.05, 0) is 37.0 Å². The molecule has 1 saturated carbocycles. The molecule has 0 aromatic heterocycles. The molecule has 1 aliphatic heterocycles. The van der Waals surface area contributed by atoms with E-state index in [0.717, 1.165) is 41.3 Å². The van der Waals surface area contributed by atoms with Crippen LogP contribution in [-0.4, -0.2) is 25.7 Å². The minimum atomic E-state index is 0.613. The van der Waals surface area contributed by atoms with Crippen LogP contribution < -0.4 is 10.2 Å². The van der Waals surface area contributed by atoms with Crippen LogP contribution in [0.3, 0.4) is 0 Å². The molecule has 2 aliphatic rings. The summed E-state index contributed by atoms with van der Waals surface area (Å²) in [5, 5.41) is 5.16. The molecule has 1 atom stereocenters. The van der Waals surface area contributed by atoms with Crippen LogP contribution in [0.15, 0.2) is 18.2 Å². The summed E-state index contributed by atoms with van der Waals surface area (Å²) < 4.78 is 0. The Morgan fingerprint density at radius 2 is 1.70 bits per heavy atom. The zero-order valence-corrected chi connectivity index (χ0v) is 13.3. The van der Waals surface area contributed by atoms with Crippen molar-refractivity contribution in [2.75, 3.05) is 24.5 Å². The average Bonchev–Trinajstić information content (AvgIpc) is 2.47. The quantitative estimate of drug-likeness (QED) is 0.873. The Kier molecular flexibility index (Phi) is 4.75. The monoisotopic (exact) mass is 312 g/mol. The second-order valence-electron chi connectivity index (χ2n) is 6.03. The minimum absolute atomic E-state index is 0.613. The van der Waals surface area contributed by atoms with Gasteiger partial charge in [-0.25, -0.2) is 0 Å². The Hall–Kier alpha value is -0.440. The number of halogens is 2. The van der Waals surface area contributed by atoms with E-state index in [1.807, 2.05) is 12.1 Å². The molecule has 4 heteroatoms. The number of rotatable bonds is 2. The van der Waals surface area contributed by atoms with E-state index >= 15 is 0 Å². The van der Waals surface area contributed by atoms with Crippen LogP contribution >= 0.6 is 23.2 Å². The van der Waals surface area contributed by atoms with Gasteiger partial charge in [-0.1, -0.05) is 42.5 Å². The highest BCUT2D eigenvalue weighted by Gasteiger charge is 2.28. The molecule has 3 rings (SSSR count). The molecule has 0 spiro atoms. The first-order valence-electron chi connectivity index (χ1n) is 7.67. The van der Waals surface area contributed by atoms with Gasteiger partial charge in [0.1, 0.15) is 0 Å². The van der Waals surface area contributed by atoms with Crippen molar-refractivity contribution in [3.63, 3.8) is 0 Å². The van der Waals surface area contributed by atoms with Crippen molar-refractivity contribution in [3.8, 4) is 0 Å². The second-order valence-corrected chi connectivity index (χ2v) is 6.91. The van der Waals surface area contributed by atoms with Crippen LogP contribution in [0.2, 0.25) is 10.0 Å². The van der Waals surface area contributed by atoms with Crippen molar-refractivity contribution in [3.05, 3.63) is 28.2 Å². The lowest BCUT2D eigenvalue weighted by Gasteiger charge is -2.40. The van der Waals surface area contributed by atoms with E-state index in [9.17, 15) is 0 Å². The molecular formula is C16H22Cl2N2. The van der Waals surface area contributed by atoms with Gasteiger partial charge in [-0.2, -0.15) is 0 Å². The topological polar surface area (TPSA) is 15.3 Å². The Bertz CT molecular complexity index is 438. The lowest BCUT2D eigenvalue weighted by molar-refractivity contribution is 0.257. The normalized spacial score (nSPS) is 24.9. The van der Waals surface area contributed by atoms with E-state index in [2.05, 4.69) is 10.2 Å². The van der Waals surface area contributed by atoms with E-state index in [1.54, 1.807) is 6.07 Å². The number of anilines is 1. The summed E-state index contributed by atoms with van der Waals surface area (Å²) >= 11 is 12.3. The predicted octanol–water partition coefficient (Wildman–Crippen LogP) is 4.35. The molecule has 2 nitrogen and oxygen atoms in total. The summed E-state index contributed by atoms with van der Waals surface area (Å²) in [6.45, 7) is 3.15. The van der Waals surface area contributed by atoms with Crippen LogP contribution in [0.4, 0.5) is 5.69 Å². The van der Waals surface area contributed by atoms with Gasteiger partial charge in [0.2, 0.25) is 0 Å². The number of benzene rings is 1. The van der Waals surface area contributed by atoms with Crippen molar-refractivity contribution in [1.29, 1.82) is 0 Å². The predicted molar refractivity (Wildman–Crippen MR) is 87.0 cm³/mol. The second kappa shape index (κ2) is 6.55. The summed E-state index contributed by atoms with van der Waals surface area (Å²) in [4.78, 5) is 2.42. The Balaban J connectivity index is 1.70. The van der Waals surface area contributed by atoms with E-state index in [0.29, 0.717) is 6.04 Å². The molecule has 1 saturated heterocycles. The van der Waals surface area contributed by atoms with Gasteiger partial charge in [0.25, 0.3) is 0 Å². The Morgan fingerprint density at radius 3 is 2.40 bits per heavy atom. The summed E-state index contributed by atoms with van der Waals surface area (Å²) in [7, 11) is 0. The van der Waals surface area contributed by atoms with Gasteiger partial charge >= 0.3 is 0 Å². The first-order valence-corrected chi connectivity index (χ1v) is 8.42. The summed E-state index contributed by atoms with van der Waals surface area (Å²) in [5.74, 6) is 0.834. The number of hydrogen-bond donors (Lipinski definition) is 1. The number of nitrogens with one attached hydrogen (secondary N) is 1. The van der Waals surface area contributed by atoms with E-state index in [4.69, 9.17) is 23.2 Å². The van der Waals surface area contributed by atoms with Gasteiger partial charge in [-0.15, -0.1) is 0 Å². The van der Waals surface area contributed by atoms with Crippen molar-refractivity contribution in [1.82, 2.24) is 5.32 Å². The molecule has 0 radical (unpaired) electrons. The highest BCUT2D eigenvalue weighted by molar-refractivity contribution is 6.35. The Labute approximate surface area is 131 Å². The minimum Gasteiger partial charge on any atom is -0.369 e. The van der Waals surface area contributed by atoms with Gasteiger partial charge in [0, 0.05) is 41.4 Å². The fourth-order valence-corrected chi connectivity index (χ4v) is 4.10. The molecule has 0 amide bonds. The molecule has 1 heterocycles. The fourth-order valence-electron chi connectivity index (χ4n) is 3.59. The average molecular weight is 313 g/mol. The molecule has 1 aliphatic carbocycles. The van der Waals surface area contributed by atoms with Crippen molar-refractivity contribution < 1.29 is 0 Å². The van der Waals surface area contributed by atoms with Crippen LogP contribution in [0.1, 0.15) is 32.1 Å². The van der Waals surface area contributed by atoms with Crippen LogP contribution in [0.25, 0.3) is 0 Å². The van der Waals surface area contributed by atoms with Crippen LogP contribution in [-0.2, 0) is 0 Å². The summed E-state index contributed by atoms with van der Waals surface area (Å²) in [6, 6.07) is 6.46. The van der Waals surface area contributed by atoms with Gasteiger partial charge in [0.05, 0.1) is 0 Å². The molecule has 2 fully saturated rings. The zero-order chi connectivity index (χ0) is 13.9. The highest BCUT2D eigenvalue weighted by atomic mass is 35.5. The third kappa shape index (κ3) is 3.41. The van der Waals surface area contributed by atoms with E-state index in [-0.39, 0.29) is 0 Å². The lowest BCUT2D eigenvalue weighted by atomic mass is 9.83. The maximum Gasteiger partial charge on any atom is 0.0441 e. The summed E-state index contributed by atoms with van der Waals surface area (Å²) in [6.07, 6.45) is 6.96. The van der Waals surface area contributed by atoms with Crippen molar-refractivity contribution in [2.24, 2.45) is 5.92 Å². The smallest absolute Gasteiger partial charge is 0.0441 e. The first-order chi connectivity index (χ1) is 9.72. The molecule has 1 aromatic rings. The molecule has 1 unspecified atom stereocenters. The van der Waals surface area contributed by atoms with E-state index < -0.39 is 0 Å². The highest BCUT2D eigenvalue weighted by Crippen LogP contribution is 2.30. The van der Waals surface area contributed by atoms with Crippen LogP contribution in [0.5, 0.6) is 0 Å². The van der Waals surface area contributed by atoms with Crippen molar-refractivity contribution >= 4 is 28.9 Å². The molecule has 1 aromatic carbocycles. The molecular weight excluding hydrogens is 291 g/mol. The number of piperazine rings is 1. The maximum absolute atomic E-state index is 6.13. The van der Waals surface area contributed by atoms with Crippen molar-refractivity contribution in [2.45, 2.75) is 38.1 Å². The molecule has 1 N–H and O–H groups in total. The fraction of sp³-hybridized carbons (Fsp3) is 0.625. The third-order valence-corrected chi connectivity index (χ3v) is 5.07. The first kappa shape index (κ1) is 14.5. The van der Waals surface area contributed by atoms with Gasteiger partial charge in [0.15, 0.2) is 0 Å². The zero-order valence-electron chi connectivity index (χ0n) is 11.7. The number of nitrogens with zero attached hydrogens (tertiary/aromatic N) is 1. The maximum atomic E-state index is 6.13. The molecule has 20 heavy (non-hydrogen) atoms.